The van der Waals surface area contributed by atoms with Crippen molar-refractivity contribution >= 4 is 17.4 Å². The molecule has 22 heavy (non-hydrogen) atoms. The molecule has 0 fully saturated rings. The summed E-state index contributed by atoms with van der Waals surface area (Å²) in [5, 5.41) is 3.10. The first-order chi connectivity index (χ1) is 10.0. The third kappa shape index (κ3) is 5.31. The van der Waals surface area contributed by atoms with Crippen molar-refractivity contribution in [3.8, 4) is 0 Å². The van der Waals surface area contributed by atoms with E-state index in [4.69, 9.17) is 0 Å². The summed E-state index contributed by atoms with van der Waals surface area (Å²) in [6.45, 7) is 4.56. The fourth-order valence-electron chi connectivity index (χ4n) is 1.39. The highest BCUT2D eigenvalue weighted by Crippen LogP contribution is 2.24. The number of ketones is 1. The van der Waals surface area contributed by atoms with Gasteiger partial charge in [0.05, 0.1) is 6.42 Å². The molecule has 0 saturated carbocycles. The lowest BCUT2D eigenvalue weighted by molar-refractivity contribution is -0.126. The predicted octanol–water partition coefficient (Wildman–Crippen LogP) is 3.34. The van der Waals surface area contributed by atoms with Crippen LogP contribution in [0, 0.1) is 5.41 Å². The molecule has 4 nitrogen and oxygen atoms in total. The average molecular weight is 314 g/mol. The molecule has 0 aromatic heterocycles. The van der Waals surface area contributed by atoms with Crippen LogP contribution in [-0.2, 0) is 4.79 Å². The van der Waals surface area contributed by atoms with Crippen molar-refractivity contribution in [3.63, 3.8) is 0 Å². The van der Waals surface area contributed by atoms with Crippen LogP contribution in [0.1, 0.15) is 37.6 Å². The van der Waals surface area contributed by atoms with E-state index in [1.807, 2.05) is 5.43 Å². The van der Waals surface area contributed by atoms with Gasteiger partial charge >= 0.3 is 6.18 Å². The number of nitrogens with zero attached hydrogens (tertiary/aromatic N) is 1. The highest BCUT2D eigenvalue weighted by Gasteiger charge is 2.39. The highest BCUT2D eigenvalue weighted by molar-refractivity contribution is 6.07. The number of benzene rings is 1. The van der Waals surface area contributed by atoms with Gasteiger partial charge in [-0.15, -0.1) is 0 Å². The maximum atomic E-state index is 12.9. The number of hydrogen-bond acceptors (Lipinski definition) is 3. The maximum Gasteiger partial charge on any atom is 0.431 e. The average Bonchev–Trinajstić information content (AvgIpc) is 2.41. The van der Waals surface area contributed by atoms with Gasteiger partial charge in [0.15, 0.2) is 0 Å². The Balaban J connectivity index is 2.89. The van der Waals surface area contributed by atoms with Crippen LogP contribution in [0.15, 0.2) is 35.4 Å². The molecule has 1 aromatic rings. The van der Waals surface area contributed by atoms with E-state index in [1.165, 1.54) is 32.9 Å². The van der Waals surface area contributed by atoms with E-state index in [1.54, 1.807) is 18.2 Å². The minimum Gasteiger partial charge on any atom is -0.299 e. The Morgan fingerprint density at radius 3 is 2.09 bits per heavy atom. The number of nitrogens with one attached hydrogen (secondary N) is 1. The van der Waals surface area contributed by atoms with Crippen LogP contribution >= 0.6 is 0 Å². The molecular weight excluding hydrogens is 297 g/mol. The van der Waals surface area contributed by atoms with Crippen molar-refractivity contribution in [2.24, 2.45) is 10.5 Å². The monoisotopic (exact) mass is 314 g/mol. The summed E-state index contributed by atoms with van der Waals surface area (Å²) >= 11 is 0. The lowest BCUT2D eigenvalue weighted by atomic mass is 9.88. The van der Waals surface area contributed by atoms with E-state index in [0.29, 0.717) is 0 Å². The van der Waals surface area contributed by atoms with Crippen molar-refractivity contribution in [2.75, 3.05) is 0 Å². The lowest BCUT2D eigenvalue weighted by Gasteiger charge is -2.18. The van der Waals surface area contributed by atoms with E-state index in [2.05, 4.69) is 5.10 Å². The number of carbonyl (C=O) groups excluding carboxylic acids is 2. The summed E-state index contributed by atoms with van der Waals surface area (Å²) < 4.78 is 38.7. The first-order valence-electron chi connectivity index (χ1n) is 6.54. The first-order valence-corrected chi connectivity index (χ1v) is 6.54. The Morgan fingerprint density at radius 2 is 1.64 bits per heavy atom. The molecule has 1 amide bonds. The van der Waals surface area contributed by atoms with E-state index < -0.39 is 35.4 Å². The molecule has 0 bridgehead atoms. The minimum absolute atomic E-state index is 0.176. The molecule has 0 atom stereocenters. The standard InChI is InChI=1S/C15H17F3N2O2/c1-14(2,3)12(21)9-11(15(16,17)18)19-20-13(22)10-7-5-4-6-8-10/h4-8H,9H2,1-3H3,(H,20,22)/b19-11+. The number of amides is 1. The third-order valence-electron chi connectivity index (χ3n) is 2.82. The van der Waals surface area contributed by atoms with Gasteiger partial charge in [0.2, 0.25) is 0 Å². The first kappa shape index (κ1) is 17.9. The number of carbonyl (C=O) groups is 2. The molecule has 0 unspecified atom stereocenters. The second-order valence-corrected chi connectivity index (χ2v) is 5.71. The predicted molar refractivity (Wildman–Crippen MR) is 76.5 cm³/mol. The van der Waals surface area contributed by atoms with Gasteiger partial charge in [-0.2, -0.15) is 18.3 Å². The van der Waals surface area contributed by atoms with Crippen LogP contribution in [0.3, 0.4) is 0 Å². The SMILES string of the molecule is CC(C)(C)C(=O)C/C(=N\NC(=O)c1ccccc1)C(F)(F)F. The van der Waals surface area contributed by atoms with Gasteiger partial charge in [0.1, 0.15) is 11.5 Å². The summed E-state index contributed by atoms with van der Waals surface area (Å²) in [5.74, 6) is -1.39. The molecule has 1 N–H and O–H groups in total. The molecular formula is C15H17F3N2O2. The summed E-state index contributed by atoms with van der Waals surface area (Å²) in [5.41, 5.74) is -0.229. The zero-order valence-electron chi connectivity index (χ0n) is 12.5. The van der Waals surface area contributed by atoms with Gasteiger partial charge in [-0.25, -0.2) is 5.43 Å². The van der Waals surface area contributed by atoms with Crippen LogP contribution in [0.25, 0.3) is 0 Å². The Morgan fingerprint density at radius 1 is 1.09 bits per heavy atom. The molecule has 0 aliphatic carbocycles. The summed E-state index contributed by atoms with van der Waals surface area (Å²) in [4.78, 5) is 23.4. The van der Waals surface area contributed by atoms with Gasteiger partial charge in [-0.1, -0.05) is 39.0 Å². The largest absolute Gasteiger partial charge is 0.431 e. The van der Waals surface area contributed by atoms with Crippen molar-refractivity contribution < 1.29 is 22.8 Å². The zero-order chi connectivity index (χ0) is 17.0. The van der Waals surface area contributed by atoms with Crippen LogP contribution < -0.4 is 5.43 Å². The molecule has 0 spiro atoms. The number of Topliss-reactive ketones (excluding diaryl/α,β-unsaturated/α-hetero) is 1. The van der Waals surface area contributed by atoms with Gasteiger partial charge in [0.25, 0.3) is 5.91 Å². The van der Waals surface area contributed by atoms with Gasteiger partial charge in [0, 0.05) is 11.0 Å². The normalized spacial score (nSPS) is 12.9. The maximum absolute atomic E-state index is 12.9. The van der Waals surface area contributed by atoms with Gasteiger partial charge in [-0.3, -0.25) is 9.59 Å². The zero-order valence-corrected chi connectivity index (χ0v) is 12.5. The number of rotatable bonds is 4. The van der Waals surface area contributed by atoms with Crippen molar-refractivity contribution in [1.29, 1.82) is 0 Å². The molecule has 0 saturated heterocycles. The summed E-state index contributed by atoms with van der Waals surface area (Å²) in [6.07, 6.45) is -5.67. The Labute approximate surface area is 126 Å². The number of hydrazone groups is 1. The Kier molecular flexibility index (Phi) is 5.46. The topological polar surface area (TPSA) is 58.5 Å². The van der Waals surface area contributed by atoms with E-state index in [-0.39, 0.29) is 5.56 Å². The van der Waals surface area contributed by atoms with Crippen LogP contribution in [0.4, 0.5) is 13.2 Å². The van der Waals surface area contributed by atoms with Crippen LogP contribution in [0.5, 0.6) is 0 Å². The second kappa shape index (κ2) is 6.72. The molecule has 120 valence electrons. The smallest absolute Gasteiger partial charge is 0.299 e. The van der Waals surface area contributed by atoms with Gasteiger partial charge < -0.3 is 0 Å². The van der Waals surface area contributed by atoms with Crippen molar-refractivity contribution in [3.05, 3.63) is 35.9 Å². The number of halogens is 3. The summed E-state index contributed by atoms with van der Waals surface area (Å²) in [7, 11) is 0. The molecule has 7 heteroatoms. The van der Waals surface area contributed by atoms with E-state index in [0.717, 1.165) is 0 Å². The second-order valence-electron chi connectivity index (χ2n) is 5.71. The van der Waals surface area contributed by atoms with Crippen LogP contribution in [0.2, 0.25) is 0 Å². The number of hydrogen-bond donors (Lipinski definition) is 1. The molecule has 0 aliphatic rings. The Bertz CT molecular complexity index is 573. The fourth-order valence-corrected chi connectivity index (χ4v) is 1.39. The lowest BCUT2D eigenvalue weighted by Crippen LogP contribution is -2.33. The third-order valence-corrected chi connectivity index (χ3v) is 2.82. The van der Waals surface area contributed by atoms with Gasteiger partial charge in [-0.05, 0) is 12.1 Å². The van der Waals surface area contributed by atoms with E-state index in [9.17, 15) is 22.8 Å². The molecule has 0 aliphatic heterocycles. The number of alkyl halides is 3. The Hall–Kier alpha value is -2.18. The quantitative estimate of drug-likeness (QED) is 0.684. The van der Waals surface area contributed by atoms with E-state index >= 15 is 0 Å². The van der Waals surface area contributed by atoms with Crippen LogP contribution in [-0.4, -0.2) is 23.6 Å². The fraction of sp³-hybridized carbons (Fsp3) is 0.400. The molecule has 1 rings (SSSR count). The highest BCUT2D eigenvalue weighted by atomic mass is 19.4. The summed E-state index contributed by atoms with van der Waals surface area (Å²) in [6, 6.07) is 7.71. The molecule has 0 radical (unpaired) electrons. The minimum atomic E-state index is -4.79. The van der Waals surface area contributed by atoms with Crippen molar-refractivity contribution in [1.82, 2.24) is 5.43 Å². The molecule has 0 heterocycles. The molecule has 1 aromatic carbocycles. The van der Waals surface area contributed by atoms with Crippen molar-refractivity contribution in [2.45, 2.75) is 33.4 Å².